The fourth-order valence-electron chi connectivity index (χ4n) is 1.51. The summed E-state index contributed by atoms with van der Waals surface area (Å²) in [4.78, 5) is 11.1. The molecule has 0 amide bonds. The van der Waals surface area contributed by atoms with Gasteiger partial charge in [0.15, 0.2) is 6.16 Å². The predicted molar refractivity (Wildman–Crippen MR) is 65.4 cm³/mol. The standard InChI is InChI=1S/C12H15O4P/c1-2-16-17(15)9-11(12(13)14)8-10-6-4-3-5-7-10/h3-7,11H,2,8-9H2,1H3/p+1. The van der Waals surface area contributed by atoms with Gasteiger partial charge in [0.05, 0.1) is 6.61 Å². The molecular weight excluding hydrogens is 239 g/mol. The first-order valence-electron chi connectivity index (χ1n) is 5.47. The first-order chi connectivity index (χ1) is 8.13. The van der Waals surface area contributed by atoms with Gasteiger partial charge in [-0.3, -0.25) is 4.79 Å². The van der Waals surface area contributed by atoms with Gasteiger partial charge in [0, 0.05) is 0 Å². The van der Waals surface area contributed by atoms with Gasteiger partial charge in [-0.15, -0.1) is 4.52 Å². The average molecular weight is 255 g/mol. The molecule has 1 aromatic rings. The van der Waals surface area contributed by atoms with Gasteiger partial charge in [-0.1, -0.05) is 30.3 Å². The predicted octanol–water partition coefficient (Wildman–Crippen LogP) is 2.71. The zero-order chi connectivity index (χ0) is 12.7. The summed E-state index contributed by atoms with van der Waals surface area (Å²) in [6.45, 7) is 2.08. The molecule has 0 aliphatic rings. The minimum atomic E-state index is -1.88. The third kappa shape index (κ3) is 5.07. The molecule has 1 rings (SSSR count). The van der Waals surface area contributed by atoms with Crippen molar-refractivity contribution in [2.75, 3.05) is 12.8 Å². The van der Waals surface area contributed by atoms with Crippen LogP contribution in [0.5, 0.6) is 0 Å². The third-order valence-corrected chi connectivity index (χ3v) is 3.60. The summed E-state index contributed by atoms with van der Waals surface area (Å²) in [6.07, 6.45) is 0.442. The van der Waals surface area contributed by atoms with Gasteiger partial charge in [-0.2, -0.15) is 0 Å². The summed E-state index contributed by atoms with van der Waals surface area (Å²) in [5.74, 6) is -1.59. The van der Waals surface area contributed by atoms with Crippen molar-refractivity contribution in [2.45, 2.75) is 13.3 Å². The molecule has 17 heavy (non-hydrogen) atoms. The van der Waals surface area contributed by atoms with E-state index in [9.17, 15) is 9.36 Å². The Kier molecular flexibility index (Phi) is 5.81. The normalized spacial score (nSPS) is 13.1. The number of carbonyl (C=O) groups is 1. The van der Waals surface area contributed by atoms with Crippen molar-refractivity contribution in [2.24, 2.45) is 5.92 Å². The van der Waals surface area contributed by atoms with Crippen molar-refractivity contribution in [1.82, 2.24) is 0 Å². The molecule has 1 aromatic carbocycles. The summed E-state index contributed by atoms with van der Waals surface area (Å²) in [6, 6.07) is 9.32. The molecule has 5 heteroatoms. The lowest BCUT2D eigenvalue weighted by Crippen LogP contribution is -2.19. The number of carboxylic acids is 1. The molecule has 0 heterocycles. The number of rotatable bonds is 7. The minimum Gasteiger partial charge on any atom is -0.481 e. The van der Waals surface area contributed by atoms with Gasteiger partial charge in [0.1, 0.15) is 5.92 Å². The largest absolute Gasteiger partial charge is 0.508 e. The van der Waals surface area contributed by atoms with Gasteiger partial charge < -0.3 is 5.11 Å². The molecule has 0 aromatic heterocycles. The van der Waals surface area contributed by atoms with E-state index in [2.05, 4.69) is 0 Å². The maximum Gasteiger partial charge on any atom is 0.508 e. The fraction of sp³-hybridized carbons (Fsp3) is 0.417. The zero-order valence-electron chi connectivity index (χ0n) is 9.70. The van der Waals surface area contributed by atoms with Gasteiger partial charge in [-0.25, -0.2) is 0 Å². The van der Waals surface area contributed by atoms with Crippen LogP contribution in [-0.2, 0) is 20.3 Å². The molecular formula is C12H16O4P+. The Bertz CT molecular complexity index is 377. The molecule has 0 bridgehead atoms. The highest BCUT2D eigenvalue weighted by Gasteiger charge is 2.30. The van der Waals surface area contributed by atoms with Crippen LogP contribution in [0.4, 0.5) is 0 Å². The molecule has 0 aliphatic heterocycles. The Hall–Kier alpha value is -1.25. The lowest BCUT2D eigenvalue weighted by Gasteiger charge is -2.06. The van der Waals surface area contributed by atoms with Crippen molar-refractivity contribution in [3.05, 3.63) is 35.9 Å². The second-order valence-corrected chi connectivity index (χ2v) is 4.95. The second kappa shape index (κ2) is 7.15. The van der Waals surface area contributed by atoms with E-state index < -0.39 is 19.9 Å². The van der Waals surface area contributed by atoms with Crippen LogP contribution < -0.4 is 0 Å². The minimum absolute atomic E-state index is 0.0629. The molecule has 0 aliphatic carbocycles. The van der Waals surface area contributed by atoms with E-state index in [1.165, 1.54) is 0 Å². The third-order valence-electron chi connectivity index (χ3n) is 2.32. The molecule has 0 saturated heterocycles. The highest BCUT2D eigenvalue weighted by molar-refractivity contribution is 7.39. The summed E-state index contributed by atoms with van der Waals surface area (Å²) < 4.78 is 16.3. The lowest BCUT2D eigenvalue weighted by molar-refractivity contribution is -0.140. The maximum atomic E-state index is 11.4. The SMILES string of the molecule is CCO[P+](=O)CC(Cc1ccccc1)C(=O)O. The van der Waals surface area contributed by atoms with Gasteiger partial charge >= 0.3 is 14.0 Å². The summed E-state index contributed by atoms with van der Waals surface area (Å²) in [5, 5.41) is 9.07. The monoisotopic (exact) mass is 255 g/mol. The molecule has 0 saturated carbocycles. The van der Waals surface area contributed by atoms with Crippen molar-refractivity contribution in [3.8, 4) is 0 Å². The van der Waals surface area contributed by atoms with E-state index in [1.807, 2.05) is 30.3 Å². The van der Waals surface area contributed by atoms with Crippen molar-refractivity contribution < 1.29 is 19.0 Å². The number of aliphatic carboxylic acids is 1. The number of benzene rings is 1. The zero-order valence-corrected chi connectivity index (χ0v) is 10.6. The molecule has 2 atom stereocenters. The van der Waals surface area contributed by atoms with Crippen LogP contribution in [-0.4, -0.2) is 23.8 Å². The fourth-order valence-corrected chi connectivity index (χ4v) is 2.54. The van der Waals surface area contributed by atoms with E-state index in [0.29, 0.717) is 13.0 Å². The van der Waals surface area contributed by atoms with Crippen LogP contribution >= 0.6 is 8.03 Å². The second-order valence-electron chi connectivity index (χ2n) is 3.66. The Morgan fingerprint density at radius 1 is 1.41 bits per heavy atom. The Morgan fingerprint density at radius 2 is 2.06 bits per heavy atom. The smallest absolute Gasteiger partial charge is 0.481 e. The Balaban J connectivity index is 2.61. The van der Waals surface area contributed by atoms with Crippen LogP contribution in [0.15, 0.2) is 30.3 Å². The molecule has 0 fully saturated rings. The van der Waals surface area contributed by atoms with Crippen LogP contribution in [0.3, 0.4) is 0 Å². The van der Waals surface area contributed by atoms with Gasteiger partial charge in [0.25, 0.3) is 0 Å². The van der Waals surface area contributed by atoms with Crippen molar-refractivity contribution in [3.63, 3.8) is 0 Å². The van der Waals surface area contributed by atoms with Gasteiger partial charge in [0.2, 0.25) is 0 Å². The highest BCUT2D eigenvalue weighted by atomic mass is 31.1. The molecule has 0 radical (unpaired) electrons. The summed E-state index contributed by atoms with van der Waals surface area (Å²) in [7, 11) is -1.88. The Morgan fingerprint density at radius 3 is 2.59 bits per heavy atom. The van der Waals surface area contributed by atoms with Crippen LogP contribution in [0.25, 0.3) is 0 Å². The van der Waals surface area contributed by atoms with Crippen LogP contribution in [0, 0.1) is 5.92 Å². The highest BCUT2D eigenvalue weighted by Crippen LogP contribution is 2.27. The molecule has 92 valence electrons. The molecule has 2 unspecified atom stereocenters. The first-order valence-corrected chi connectivity index (χ1v) is 6.84. The summed E-state index contributed by atoms with van der Waals surface area (Å²) in [5.41, 5.74) is 0.930. The number of carboxylic acid groups (broad SMARTS) is 1. The molecule has 0 spiro atoms. The molecule has 4 nitrogen and oxygen atoms in total. The van der Waals surface area contributed by atoms with Crippen molar-refractivity contribution in [1.29, 1.82) is 0 Å². The van der Waals surface area contributed by atoms with E-state index in [-0.39, 0.29) is 6.16 Å². The Labute approximate surface area is 101 Å². The maximum absolute atomic E-state index is 11.4. The van der Waals surface area contributed by atoms with Gasteiger partial charge in [-0.05, 0) is 23.5 Å². The lowest BCUT2D eigenvalue weighted by atomic mass is 10.0. The first kappa shape index (κ1) is 13.8. The molecule has 1 N–H and O–H groups in total. The van der Waals surface area contributed by atoms with Crippen molar-refractivity contribution >= 4 is 14.0 Å². The quantitative estimate of drug-likeness (QED) is 0.761. The van der Waals surface area contributed by atoms with E-state index in [1.54, 1.807) is 6.92 Å². The van der Waals surface area contributed by atoms with E-state index >= 15 is 0 Å². The van der Waals surface area contributed by atoms with E-state index in [4.69, 9.17) is 9.63 Å². The number of hydrogen-bond donors (Lipinski definition) is 1. The van der Waals surface area contributed by atoms with Crippen LogP contribution in [0.2, 0.25) is 0 Å². The topological polar surface area (TPSA) is 63.6 Å². The summed E-state index contributed by atoms with van der Waals surface area (Å²) >= 11 is 0. The van der Waals surface area contributed by atoms with E-state index in [0.717, 1.165) is 5.56 Å². The average Bonchev–Trinajstić information content (AvgIpc) is 2.29. The van der Waals surface area contributed by atoms with Crippen LogP contribution in [0.1, 0.15) is 12.5 Å². The number of hydrogen-bond acceptors (Lipinski definition) is 3.